The molecule has 1 aromatic heterocycles. The summed E-state index contributed by atoms with van der Waals surface area (Å²) in [6.45, 7) is 0.486. The lowest BCUT2D eigenvalue weighted by Gasteiger charge is -2.18. The SMILES string of the molecule is CN(CC(=O)N(C)C)Cc1ncncc1C(=O)O. The third kappa shape index (κ3) is 3.77. The van der Waals surface area contributed by atoms with Gasteiger partial charge in [0.2, 0.25) is 5.91 Å². The van der Waals surface area contributed by atoms with Crippen molar-refractivity contribution in [1.82, 2.24) is 19.8 Å². The van der Waals surface area contributed by atoms with Gasteiger partial charge in [-0.05, 0) is 7.05 Å². The largest absolute Gasteiger partial charge is 0.478 e. The Morgan fingerprint density at radius 1 is 1.33 bits per heavy atom. The number of hydrogen-bond donors (Lipinski definition) is 1. The molecule has 0 saturated carbocycles. The summed E-state index contributed by atoms with van der Waals surface area (Å²) >= 11 is 0. The van der Waals surface area contributed by atoms with Crippen molar-refractivity contribution in [3.05, 3.63) is 23.8 Å². The summed E-state index contributed by atoms with van der Waals surface area (Å²) in [6.07, 6.45) is 2.55. The van der Waals surface area contributed by atoms with Crippen molar-refractivity contribution in [2.45, 2.75) is 6.54 Å². The zero-order valence-corrected chi connectivity index (χ0v) is 10.6. The molecule has 1 heterocycles. The Labute approximate surface area is 105 Å². The summed E-state index contributed by atoms with van der Waals surface area (Å²) in [5.41, 5.74) is 0.452. The number of rotatable bonds is 5. The minimum atomic E-state index is -1.07. The molecule has 18 heavy (non-hydrogen) atoms. The van der Waals surface area contributed by atoms with E-state index in [1.54, 1.807) is 26.0 Å². The predicted molar refractivity (Wildman–Crippen MR) is 64.0 cm³/mol. The number of amides is 1. The van der Waals surface area contributed by atoms with Crippen molar-refractivity contribution in [2.24, 2.45) is 0 Å². The Kier molecular flexibility index (Phi) is 4.73. The van der Waals surface area contributed by atoms with E-state index in [1.165, 1.54) is 17.4 Å². The molecule has 0 atom stereocenters. The van der Waals surface area contributed by atoms with Gasteiger partial charge in [0, 0.05) is 26.8 Å². The first kappa shape index (κ1) is 14.0. The Hall–Kier alpha value is -2.02. The molecule has 0 radical (unpaired) electrons. The molecule has 0 spiro atoms. The van der Waals surface area contributed by atoms with Crippen LogP contribution in [0.2, 0.25) is 0 Å². The number of likely N-dealkylation sites (N-methyl/N-ethyl adjacent to an activating group) is 2. The lowest BCUT2D eigenvalue weighted by Crippen LogP contribution is -2.34. The van der Waals surface area contributed by atoms with Crippen LogP contribution in [0.5, 0.6) is 0 Å². The van der Waals surface area contributed by atoms with E-state index in [2.05, 4.69) is 9.97 Å². The molecule has 0 aliphatic rings. The predicted octanol–water partition coefficient (Wildman–Crippen LogP) is -0.305. The third-order valence-corrected chi connectivity index (χ3v) is 2.35. The van der Waals surface area contributed by atoms with Crippen LogP contribution >= 0.6 is 0 Å². The second-order valence-electron chi connectivity index (χ2n) is 4.15. The standard InChI is InChI=1S/C11H16N4O3/c1-14(2)10(16)6-15(3)5-9-8(11(17)18)4-12-7-13-9/h4,7H,5-6H2,1-3H3,(H,17,18). The first-order valence-electron chi connectivity index (χ1n) is 5.32. The van der Waals surface area contributed by atoms with Gasteiger partial charge in [-0.15, -0.1) is 0 Å². The molecule has 0 unspecified atom stereocenters. The van der Waals surface area contributed by atoms with E-state index in [-0.39, 0.29) is 24.6 Å². The van der Waals surface area contributed by atoms with E-state index in [0.29, 0.717) is 5.69 Å². The van der Waals surface area contributed by atoms with E-state index < -0.39 is 5.97 Å². The van der Waals surface area contributed by atoms with Crippen molar-refractivity contribution in [3.8, 4) is 0 Å². The van der Waals surface area contributed by atoms with E-state index in [4.69, 9.17) is 5.11 Å². The van der Waals surface area contributed by atoms with Crippen LogP contribution in [0, 0.1) is 0 Å². The molecule has 0 aliphatic carbocycles. The lowest BCUT2D eigenvalue weighted by atomic mass is 10.2. The molecule has 0 saturated heterocycles. The lowest BCUT2D eigenvalue weighted by molar-refractivity contribution is -0.129. The highest BCUT2D eigenvalue weighted by Crippen LogP contribution is 2.06. The quantitative estimate of drug-likeness (QED) is 0.774. The van der Waals surface area contributed by atoms with Crippen LogP contribution in [0.4, 0.5) is 0 Å². The summed E-state index contributed by atoms with van der Waals surface area (Å²) < 4.78 is 0. The topological polar surface area (TPSA) is 86.6 Å². The molecule has 1 rings (SSSR count). The van der Waals surface area contributed by atoms with E-state index in [0.717, 1.165) is 0 Å². The number of aromatic carboxylic acids is 1. The molecule has 0 aromatic carbocycles. The highest BCUT2D eigenvalue weighted by Gasteiger charge is 2.15. The van der Waals surface area contributed by atoms with Gasteiger partial charge in [-0.1, -0.05) is 0 Å². The van der Waals surface area contributed by atoms with Crippen LogP contribution in [0.25, 0.3) is 0 Å². The smallest absolute Gasteiger partial charge is 0.339 e. The zero-order chi connectivity index (χ0) is 13.7. The van der Waals surface area contributed by atoms with Crippen LogP contribution in [-0.2, 0) is 11.3 Å². The summed E-state index contributed by atoms with van der Waals surface area (Å²) in [5.74, 6) is -1.12. The number of nitrogens with zero attached hydrogens (tertiary/aromatic N) is 4. The van der Waals surface area contributed by atoms with Gasteiger partial charge in [-0.3, -0.25) is 9.69 Å². The van der Waals surface area contributed by atoms with Gasteiger partial charge in [0.15, 0.2) is 0 Å². The molecule has 98 valence electrons. The molecule has 0 fully saturated rings. The maximum Gasteiger partial charge on any atom is 0.339 e. The molecule has 1 aromatic rings. The molecule has 1 amide bonds. The van der Waals surface area contributed by atoms with Gasteiger partial charge >= 0.3 is 5.97 Å². The van der Waals surface area contributed by atoms with Crippen molar-refractivity contribution in [3.63, 3.8) is 0 Å². The van der Waals surface area contributed by atoms with Crippen LogP contribution in [0.15, 0.2) is 12.5 Å². The van der Waals surface area contributed by atoms with Gasteiger partial charge in [-0.2, -0.15) is 0 Å². The maximum atomic E-state index is 11.5. The number of carbonyl (C=O) groups is 2. The van der Waals surface area contributed by atoms with Gasteiger partial charge in [0.25, 0.3) is 0 Å². The van der Waals surface area contributed by atoms with Gasteiger partial charge in [0.05, 0.1) is 12.2 Å². The van der Waals surface area contributed by atoms with Crippen LogP contribution < -0.4 is 0 Å². The fraction of sp³-hybridized carbons (Fsp3) is 0.455. The normalized spacial score (nSPS) is 10.4. The molecule has 0 aliphatic heterocycles. The second kappa shape index (κ2) is 6.06. The monoisotopic (exact) mass is 252 g/mol. The van der Waals surface area contributed by atoms with Crippen molar-refractivity contribution in [1.29, 1.82) is 0 Å². The minimum Gasteiger partial charge on any atom is -0.478 e. The van der Waals surface area contributed by atoms with E-state index >= 15 is 0 Å². The third-order valence-electron chi connectivity index (χ3n) is 2.35. The Bertz CT molecular complexity index is 448. The average molecular weight is 252 g/mol. The van der Waals surface area contributed by atoms with E-state index in [9.17, 15) is 9.59 Å². The molecular formula is C11H16N4O3. The zero-order valence-electron chi connectivity index (χ0n) is 10.6. The second-order valence-corrected chi connectivity index (χ2v) is 4.15. The Balaban J connectivity index is 2.73. The first-order chi connectivity index (χ1) is 8.41. The number of hydrogen-bond acceptors (Lipinski definition) is 5. The number of carboxylic acid groups (broad SMARTS) is 1. The number of aromatic nitrogens is 2. The molecule has 7 nitrogen and oxygen atoms in total. The minimum absolute atomic E-state index is 0.0524. The van der Waals surface area contributed by atoms with Crippen LogP contribution in [-0.4, -0.2) is 64.4 Å². The summed E-state index contributed by atoms with van der Waals surface area (Å²) in [7, 11) is 5.07. The molecule has 1 N–H and O–H groups in total. The van der Waals surface area contributed by atoms with Gasteiger partial charge in [0.1, 0.15) is 11.9 Å². The highest BCUT2D eigenvalue weighted by atomic mass is 16.4. The van der Waals surface area contributed by atoms with Gasteiger partial charge < -0.3 is 10.0 Å². The van der Waals surface area contributed by atoms with E-state index in [1.807, 2.05) is 0 Å². The fourth-order valence-electron chi connectivity index (χ4n) is 1.34. The Morgan fingerprint density at radius 3 is 2.56 bits per heavy atom. The molecular weight excluding hydrogens is 236 g/mol. The van der Waals surface area contributed by atoms with Crippen LogP contribution in [0.3, 0.4) is 0 Å². The molecule has 7 heteroatoms. The average Bonchev–Trinajstić information content (AvgIpc) is 2.28. The number of carbonyl (C=O) groups excluding carboxylic acids is 1. The summed E-state index contributed by atoms with van der Waals surface area (Å²) in [4.78, 5) is 33.3. The van der Waals surface area contributed by atoms with Crippen molar-refractivity contribution in [2.75, 3.05) is 27.7 Å². The van der Waals surface area contributed by atoms with Crippen molar-refractivity contribution < 1.29 is 14.7 Å². The first-order valence-corrected chi connectivity index (χ1v) is 5.32. The molecule has 0 bridgehead atoms. The summed E-state index contributed by atoms with van der Waals surface area (Å²) in [6, 6.07) is 0. The summed E-state index contributed by atoms with van der Waals surface area (Å²) in [5, 5.41) is 8.97. The fourth-order valence-corrected chi connectivity index (χ4v) is 1.34. The highest BCUT2D eigenvalue weighted by molar-refractivity contribution is 5.88. The van der Waals surface area contributed by atoms with Gasteiger partial charge in [-0.25, -0.2) is 14.8 Å². The maximum absolute atomic E-state index is 11.5. The Morgan fingerprint density at radius 2 is 2.00 bits per heavy atom. The van der Waals surface area contributed by atoms with Crippen molar-refractivity contribution >= 4 is 11.9 Å². The van der Waals surface area contributed by atoms with Crippen LogP contribution in [0.1, 0.15) is 16.1 Å². The number of carboxylic acids is 1.